The first-order valence-corrected chi connectivity index (χ1v) is 7.51. The van der Waals surface area contributed by atoms with Gasteiger partial charge in [-0.05, 0) is 11.1 Å². The fourth-order valence-electron chi connectivity index (χ4n) is 2.11. The van der Waals surface area contributed by atoms with E-state index in [1.165, 1.54) is 5.56 Å². The van der Waals surface area contributed by atoms with Crippen LogP contribution in [0.15, 0.2) is 60.0 Å². The van der Waals surface area contributed by atoms with Crippen molar-refractivity contribution < 1.29 is 0 Å². The van der Waals surface area contributed by atoms with Gasteiger partial charge in [-0.2, -0.15) is 0 Å². The maximum Gasteiger partial charge on any atom is 0.123 e. The lowest BCUT2D eigenvalue weighted by molar-refractivity contribution is 1.07. The summed E-state index contributed by atoms with van der Waals surface area (Å²) in [6, 6.07) is 18.7. The molecule has 0 unspecified atom stereocenters. The van der Waals surface area contributed by atoms with Gasteiger partial charge in [-0.3, -0.25) is 0 Å². The largest absolute Gasteiger partial charge is 0.326 e. The molecule has 3 rings (SSSR count). The minimum absolute atomic E-state index is 0.581. The Bertz CT molecular complexity index is 672. The maximum absolute atomic E-state index is 5.62. The summed E-state index contributed by atoms with van der Waals surface area (Å²) in [5.74, 6) is 0. The molecule has 3 heteroatoms. The summed E-state index contributed by atoms with van der Waals surface area (Å²) in [7, 11) is 0. The van der Waals surface area contributed by atoms with Crippen LogP contribution in [0.1, 0.15) is 16.8 Å². The third kappa shape index (κ3) is 2.95. The van der Waals surface area contributed by atoms with Gasteiger partial charge in [0.05, 0.1) is 5.69 Å². The van der Waals surface area contributed by atoms with Gasteiger partial charge in [0, 0.05) is 23.9 Å². The molecule has 2 aromatic carbocycles. The van der Waals surface area contributed by atoms with Crippen LogP contribution in [0.3, 0.4) is 0 Å². The molecule has 0 spiro atoms. The van der Waals surface area contributed by atoms with Crippen LogP contribution in [-0.4, -0.2) is 4.98 Å². The van der Waals surface area contributed by atoms with E-state index in [1.807, 2.05) is 6.07 Å². The number of nitrogens with two attached hydrogens (primary N) is 1. The Morgan fingerprint density at radius 2 is 1.65 bits per heavy atom. The van der Waals surface area contributed by atoms with Crippen molar-refractivity contribution in [2.75, 3.05) is 0 Å². The third-order valence-corrected chi connectivity index (χ3v) is 4.16. The predicted octanol–water partition coefficient (Wildman–Crippen LogP) is 3.86. The molecule has 0 atom stereocenters. The molecule has 2 nitrogen and oxygen atoms in total. The molecule has 0 amide bonds. The van der Waals surface area contributed by atoms with Crippen molar-refractivity contribution in [1.29, 1.82) is 0 Å². The average Bonchev–Trinajstić information content (AvgIpc) is 2.97. The van der Waals surface area contributed by atoms with Gasteiger partial charge in [-0.25, -0.2) is 4.98 Å². The van der Waals surface area contributed by atoms with E-state index in [0.717, 1.165) is 28.2 Å². The Balaban J connectivity index is 1.79. The van der Waals surface area contributed by atoms with Crippen LogP contribution in [0.4, 0.5) is 0 Å². The Morgan fingerprint density at radius 3 is 2.35 bits per heavy atom. The van der Waals surface area contributed by atoms with E-state index in [1.54, 1.807) is 11.3 Å². The summed E-state index contributed by atoms with van der Waals surface area (Å²) in [4.78, 5) is 4.72. The van der Waals surface area contributed by atoms with E-state index in [4.69, 9.17) is 10.7 Å². The van der Waals surface area contributed by atoms with Gasteiger partial charge in [0.25, 0.3) is 0 Å². The summed E-state index contributed by atoms with van der Waals surface area (Å²) in [6.07, 6.45) is 0.887. The monoisotopic (exact) mass is 280 g/mol. The predicted molar refractivity (Wildman–Crippen MR) is 84.7 cm³/mol. The smallest absolute Gasteiger partial charge is 0.123 e. The van der Waals surface area contributed by atoms with E-state index >= 15 is 0 Å². The average molecular weight is 280 g/mol. The number of benzene rings is 2. The molecular formula is C17H16N2S. The van der Waals surface area contributed by atoms with Crippen molar-refractivity contribution in [2.24, 2.45) is 5.73 Å². The van der Waals surface area contributed by atoms with Crippen LogP contribution in [-0.2, 0) is 13.0 Å². The van der Waals surface area contributed by atoms with Crippen molar-refractivity contribution in [1.82, 2.24) is 4.98 Å². The van der Waals surface area contributed by atoms with E-state index in [0.29, 0.717) is 6.54 Å². The highest BCUT2D eigenvalue weighted by molar-refractivity contribution is 7.13. The molecule has 0 aliphatic rings. The van der Waals surface area contributed by atoms with Crippen molar-refractivity contribution in [3.05, 3.63) is 76.8 Å². The molecule has 1 aromatic heterocycles. The van der Waals surface area contributed by atoms with Crippen LogP contribution in [0.25, 0.3) is 10.6 Å². The summed E-state index contributed by atoms with van der Waals surface area (Å²) in [5, 5.41) is 3.21. The number of hydrogen-bond acceptors (Lipinski definition) is 3. The minimum Gasteiger partial charge on any atom is -0.326 e. The SMILES string of the molecule is NCc1ccc(-c2nc(Cc3ccccc3)cs2)cc1. The molecule has 0 bridgehead atoms. The van der Waals surface area contributed by atoms with Gasteiger partial charge in [-0.15, -0.1) is 11.3 Å². The zero-order chi connectivity index (χ0) is 13.8. The Hall–Kier alpha value is -1.97. The normalized spacial score (nSPS) is 10.7. The van der Waals surface area contributed by atoms with Gasteiger partial charge in [-0.1, -0.05) is 54.6 Å². The van der Waals surface area contributed by atoms with E-state index in [2.05, 4.69) is 53.9 Å². The van der Waals surface area contributed by atoms with Crippen molar-refractivity contribution >= 4 is 11.3 Å². The number of aromatic nitrogens is 1. The van der Waals surface area contributed by atoms with Gasteiger partial charge in [0.1, 0.15) is 5.01 Å². The van der Waals surface area contributed by atoms with Crippen molar-refractivity contribution in [2.45, 2.75) is 13.0 Å². The summed E-state index contributed by atoms with van der Waals surface area (Å²) < 4.78 is 0. The zero-order valence-corrected chi connectivity index (χ0v) is 11.9. The molecule has 0 aliphatic heterocycles. The summed E-state index contributed by atoms with van der Waals surface area (Å²) >= 11 is 1.69. The topological polar surface area (TPSA) is 38.9 Å². The number of hydrogen-bond donors (Lipinski definition) is 1. The Kier molecular flexibility index (Phi) is 3.90. The molecule has 100 valence electrons. The molecule has 0 radical (unpaired) electrons. The van der Waals surface area contributed by atoms with Crippen LogP contribution >= 0.6 is 11.3 Å². The van der Waals surface area contributed by atoms with Crippen molar-refractivity contribution in [3.63, 3.8) is 0 Å². The highest BCUT2D eigenvalue weighted by atomic mass is 32.1. The van der Waals surface area contributed by atoms with Gasteiger partial charge in [0.15, 0.2) is 0 Å². The first-order chi connectivity index (χ1) is 9.85. The lowest BCUT2D eigenvalue weighted by atomic mass is 10.1. The second-order valence-electron chi connectivity index (χ2n) is 4.71. The third-order valence-electron chi connectivity index (χ3n) is 3.22. The molecule has 0 fully saturated rings. The number of nitrogens with zero attached hydrogens (tertiary/aromatic N) is 1. The fraction of sp³-hybridized carbons (Fsp3) is 0.118. The highest BCUT2D eigenvalue weighted by Crippen LogP contribution is 2.25. The molecule has 20 heavy (non-hydrogen) atoms. The van der Waals surface area contributed by atoms with Crippen LogP contribution in [0, 0.1) is 0 Å². The molecule has 0 aliphatic carbocycles. The fourth-order valence-corrected chi connectivity index (χ4v) is 2.93. The lowest BCUT2D eigenvalue weighted by Gasteiger charge is -1.99. The maximum atomic E-state index is 5.62. The van der Waals surface area contributed by atoms with Gasteiger partial charge >= 0.3 is 0 Å². The lowest BCUT2D eigenvalue weighted by Crippen LogP contribution is -1.95. The first kappa shape index (κ1) is 13.0. The zero-order valence-electron chi connectivity index (χ0n) is 11.1. The number of thiazole rings is 1. The first-order valence-electron chi connectivity index (χ1n) is 6.63. The molecule has 0 saturated heterocycles. The number of rotatable bonds is 4. The Labute approximate surface area is 122 Å². The summed E-state index contributed by atoms with van der Waals surface area (Å²) in [6.45, 7) is 0.581. The standard InChI is InChI=1S/C17H16N2S/c18-11-14-6-8-15(9-7-14)17-19-16(12-20-17)10-13-4-2-1-3-5-13/h1-9,12H,10-11,18H2. The van der Waals surface area contributed by atoms with Gasteiger partial charge < -0.3 is 5.73 Å². The van der Waals surface area contributed by atoms with Crippen molar-refractivity contribution in [3.8, 4) is 10.6 Å². The van der Waals surface area contributed by atoms with Crippen LogP contribution in [0.2, 0.25) is 0 Å². The highest BCUT2D eigenvalue weighted by Gasteiger charge is 2.05. The molecular weight excluding hydrogens is 264 g/mol. The Morgan fingerprint density at radius 1 is 0.900 bits per heavy atom. The summed E-state index contributed by atoms with van der Waals surface area (Å²) in [5.41, 5.74) is 10.3. The molecule has 1 heterocycles. The van der Waals surface area contributed by atoms with E-state index in [-0.39, 0.29) is 0 Å². The van der Waals surface area contributed by atoms with Crippen LogP contribution in [0.5, 0.6) is 0 Å². The minimum atomic E-state index is 0.581. The second kappa shape index (κ2) is 5.99. The van der Waals surface area contributed by atoms with E-state index in [9.17, 15) is 0 Å². The molecule has 3 aromatic rings. The molecule has 0 saturated carbocycles. The van der Waals surface area contributed by atoms with Gasteiger partial charge in [0.2, 0.25) is 0 Å². The molecule has 2 N–H and O–H groups in total. The quantitative estimate of drug-likeness (QED) is 0.788. The van der Waals surface area contributed by atoms with E-state index < -0.39 is 0 Å². The van der Waals surface area contributed by atoms with Crippen LogP contribution < -0.4 is 5.73 Å². The second-order valence-corrected chi connectivity index (χ2v) is 5.57.